The largest absolute Gasteiger partial charge is 0.496 e. The predicted molar refractivity (Wildman–Crippen MR) is 59.3 cm³/mol. The molecule has 0 saturated carbocycles. The van der Waals surface area contributed by atoms with Crippen LogP contribution in [-0.4, -0.2) is 17.5 Å². The Kier molecular flexibility index (Phi) is 3.76. The van der Waals surface area contributed by atoms with E-state index < -0.39 is 0 Å². The summed E-state index contributed by atoms with van der Waals surface area (Å²) in [5.41, 5.74) is 3.19. The summed E-state index contributed by atoms with van der Waals surface area (Å²) in [7, 11) is 1.68. The summed E-state index contributed by atoms with van der Waals surface area (Å²) < 4.78 is 5.31. The molecule has 1 atom stereocenters. The van der Waals surface area contributed by atoms with Crippen molar-refractivity contribution >= 4 is 11.6 Å². The first-order chi connectivity index (χ1) is 6.56. The van der Waals surface area contributed by atoms with Gasteiger partial charge in [-0.2, -0.15) is 0 Å². The van der Waals surface area contributed by atoms with Crippen LogP contribution in [0.3, 0.4) is 0 Å². The van der Waals surface area contributed by atoms with Crippen LogP contribution in [0.25, 0.3) is 0 Å². The van der Waals surface area contributed by atoms with Gasteiger partial charge in [0.2, 0.25) is 0 Å². The van der Waals surface area contributed by atoms with Gasteiger partial charge in [-0.05, 0) is 20.8 Å². The Bertz CT molecular complexity index is 323. The van der Waals surface area contributed by atoms with Gasteiger partial charge in [-0.25, -0.2) is 0 Å². The van der Waals surface area contributed by atoms with E-state index >= 15 is 0 Å². The highest BCUT2D eigenvalue weighted by molar-refractivity contribution is 6.20. The summed E-state index contributed by atoms with van der Waals surface area (Å²) in [4.78, 5) is 4.36. The second-order valence-electron chi connectivity index (χ2n) is 3.53. The molecule has 1 aromatic rings. The molecular weight excluding hydrogens is 198 g/mol. The highest BCUT2D eigenvalue weighted by atomic mass is 35.5. The van der Waals surface area contributed by atoms with Gasteiger partial charge in [-0.3, -0.25) is 4.98 Å². The van der Waals surface area contributed by atoms with Crippen molar-refractivity contribution in [2.24, 2.45) is 0 Å². The number of rotatable bonds is 3. The molecule has 0 spiro atoms. The lowest BCUT2D eigenvalue weighted by Crippen LogP contribution is -2.04. The zero-order valence-electron chi connectivity index (χ0n) is 9.10. The maximum Gasteiger partial charge on any atom is 0.128 e. The highest BCUT2D eigenvalue weighted by Crippen LogP contribution is 2.25. The quantitative estimate of drug-likeness (QED) is 0.721. The second kappa shape index (κ2) is 4.65. The van der Waals surface area contributed by atoms with Gasteiger partial charge in [-0.15, -0.1) is 11.6 Å². The van der Waals surface area contributed by atoms with Crippen LogP contribution in [0, 0.1) is 13.8 Å². The fraction of sp³-hybridized carbons (Fsp3) is 0.545. The molecule has 0 bridgehead atoms. The Labute approximate surface area is 90.3 Å². The number of alkyl halides is 1. The number of methoxy groups -OCH3 is 1. The highest BCUT2D eigenvalue weighted by Gasteiger charge is 2.10. The maximum atomic E-state index is 5.94. The van der Waals surface area contributed by atoms with E-state index in [1.165, 1.54) is 0 Å². The molecule has 1 rings (SSSR count). The van der Waals surface area contributed by atoms with E-state index in [1.807, 2.05) is 27.0 Å². The van der Waals surface area contributed by atoms with Crippen molar-refractivity contribution < 1.29 is 4.74 Å². The first kappa shape index (κ1) is 11.3. The average Bonchev–Trinajstić information content (AvgIpc) is 2.10. The molecule has 0 fully saturated rings. The number of aromatic nitrogens is 1. The number of aryl methyl sites for hydroxylation is 1. The molecule has 0 amide bonds. The lowest BCUT2D eigenvalue weighted by molar-refractivity contribution is 0.407. The third kappa shape index (κ3) is 2.38. The van der Waals surface area contributed by atoms with Crippen LogP contribution in [0.15, 0.2) is 6.20 Å². The molecule has 0 saturated heterocycles. The number of nitrogens with zero attached hydrogens (tertiary/aromatic N) is 1. The first-order valence-corrected chi connectivity index (χ1v) is 5.13. The van der Waals surface area contributed by atoms with E-state index in [0.29, 0.717) is 0 Å². The molecule has 1 aromatic heterocycles. The van der Waals surface area contributed by atoms with Gasteiger partial charge < -0.3 is 4.74 Å². The van der Waals surface area contributed by atoms with Crippen LogP contribution in [0.1, 0.15) is 23.7 Å². The van der Waals surface area contributed by atoms with Gasteiger partial charge in [0.25, 0.3) is 0 Å². The predicted octanol–water partition coefficient (Wildman–Crippen LogP) is 2.88. The molecule has 0 radical (unpaired) electrons. The Morgan fingerprint density at radius 1 is 1.50 bits per heavy atom. The Morgan fingerprint density at radius 3 is 2.64 bits per heavy atom. The molecule has 0 aliphatic carbocycles. The maximum absolute atomic E-state index is 5.94. The molecular formula is C11H16ClNO. The van der Waals surface area contributed by atoms with Gasteiger partial charge in [0.15, 0.2) is 0 Å². The van der Waals surface area contributed by atoms with Gasteiger partial charge in [0.05, 0.1) is 7.11 Å². The zero-order chi connectivity index (χ0) is 10.7. The van der Waals surface area contributed by atoms with Crippen LogP contribution >= 0.6 is 11.6 Å². The minimum atomic E-state index is 0.105. The molecule has 1 heterocycles. The number of hydrogen-bond donors (Lipinski definition) is 0. The van der Waals surface area contributed by atoms with Crippen molar-refractivity contribution in [1.82, 2.24) is 4.98 Å². The van der Waals surface area contributed by atoms with Crippen molar-refractivity contribution in [3.8, 4) is 5.75 Å². The van der Waals surface area contributed by atoms with E-state index in [2.05, 4.69) is 4.98 Å². The average molecular weight is 214 g/mol. The summed E-state index contributed by atoms with van der Waals surface area (Å²) >= 11 is 5.94. The molecule has 0 aliphatic rings. The van der Waals surface area contributed by atoms with Crippen LogP contribution in [0.2, 0.25) is 0 Å². The summed E-state index contributed by atoms with van der Waals surface area (Å²) in [5, 5.41) is 0.105. The van der Waals surface area contributed by atoms with E-state index in [4.69, 9.17) is 16.3 Å². The fourth-order valence-corrected chi connectivity index (χ4v) is 1.69. The molecule has 0 N–H and O–H groups in total. The van der Waals surface area contributed by atoms with Crippen molar-refractivity contribution in [1.29, 1.82) is 0 Å². The van der Waals surface area contributed by atoms with Crippen LogP contribution < -0.4 is 4.74 Å². The summed E-state index contributed by atoms with van der Waals surface area (Å²) in [6, 6.07) is 0. The van der Waals surface area contributed by atoms with Crippen LogP contribution in [-0.2, 0) is 6.42 Å². The van der Waals surface area contributed by atoms with E-state index in [9.17, 15) is 0 Å². The van der Waals surface area contributed by atoms with Crippen molar-refractivity contribution in [3.05, 3.63) is 23.0 Å². The van der Waals surface area contributed by atoms with Gasteiger partial charge in [0, 0.05) is 34.8 Å². The summed E-state index contributed by atoms with van der Waals surface area (Å²) in [6.45, 7) is 5.98. The molecule has 0 aromatic carbocycles. The van der Waals surface area contributed by atoms with Gasteiger partial charge in [-0.1, -0.05) is 0 Å². The molecule has 78 valence electrons. The lowest BCUT2D eigenvalue weighted by atomic mass is 10.1. The third-order valence-electron chi connectivity index (χ3n) is 2.22. The van der Waals surface area contributed by atoms with E-state index in [0.717, 1.165) is 29.0 Å². The monoisotopic (exact) mass is 213 g/mol. The third-order valence-corrected chi connectivity index (χ3v) is 2.38. The SMILES string of the molecule is COc1c(C)cnc(CC(C)Cl)c1C. The van der Waals surface area contributed by atoms with Gasteiger partial charge in [0.1, 0.15) is 5.75 Å². The minimum Gasteiger partial charge on any atom is -0.496 e. The van der Waals surface area contributed by atoms with Gasteiger partial charge >= 0.3 is 0 Å². The molecule has 2 nitrogen and oxygen atoms in total. The molecule has 0 aliphatic heterocycles. The van der Waals surface area contributed by atoms with E-state index in [-0.39, 0.29) is 5.38 Å². The first-order valence-electron chi connectivity index (χ1n) is 4.69. The standard InChI is InChI=1S/C11H16ClNO/c1-7-6-13-10(5-8(2)12)9(3)11(7)14-4/h6,8H,5H2,1-4H3. The molecule has 1 unspecified atom stereocenters. The van der Waals surface area contributed by atoms with Crippen LogP contribution in [0.4, 0.5) is 0 Å². The summed E-state index contributed by atoms with van der Waals surface area (Å²) in [6.07, 6.45) is 2.62. The minimum absolute atomic E-state index is 0.105. The number of pyridine rings is 1. The van der Waals surface area contributed by atoms with E-state index in [1.54, 1.807) is 7.11 Å². The summed E-state index contributed by atoms with van der Waals surface area (Å²) in [5.74, 6) is 0.923. The topological polar surface area (TPSA) is 22.1 Å². The molecule has 14 heavy (non-hydrogen) atoms. The van der Waals surface area contributed by atoms with Crippen molar-refractivity contribution in [2.45, 2.75) is 32.6 Å². The Morgan fingerprint density at radius 2 is 2.14 bits per heavy atom. The zero-order valence-corrected chi connectivity index (χ0v) is 9.85. The smallest absolute Gasteiger partial charge is 0.128 e. The van der Waals surface area contributed by atoms with Crippen LogP contribution in [0.5, 0.6) is 5.75 Å². The molecule has 3 heteroatoms. The van der Waals surface area contributed by atoms with Crippen molar-refractivity contribution in [3.63, 3.8) is 0 Å². The number of hydrogen-bond acceptors (Lipinski definition) is 2. The lowest BCUT2D eigenvalue weighted by Gasteiger charge is -2.12. The Balaban J connectivity index is 3.08. The van der Waals surface area contributed by atoms with Crippen molar-refractivity contribution in [2.75, 3.05) is 7.11 Å². The Hall–Kier alpha value is -0.760. The second-order valence-corrected chi connectivity index (χ2v) is 4.28. The number of halogens is 1. The fourth-order valence-electron chi connectivity index (χ4n) is 1.54. The number of ether oxygens (including phenoxy) is 1. The normalized spacial score (nSPS) is 12.6.